The Balaban J connectivity index is 2.46. The highest BCUT2D eigenvalue weighted by atomic mass is 35.5. The molecule has 0 fully saturated rings. The largest absolute Gasteiger partial charge is 0.386 e. The molecule has 0 aliphatic rings. The van der Waals surface area contributed by atoms with Crippen molar-refractivity contribution in [3.05, 3.63) is 82.9 Å². The summed E-state index contributed by atoms with van der Waals surface area (Å²) in [6.07, 6.45) is 0. The van der Waals surface area contributed by atoms with Crippen LogP contribution in [0.1, 0.15) is 38.8 Å². The maximum atomic E-state index is 10.9. The third-order valence-electron chi connectivity index (χ3n) is 4.66. The zero-order chi connectivity index (χ0) is 19.8. The molecule has 3 rings (SSSR count). The lowest BCUT2D eigenvalue weighted by Gasteiger charge is -2.31. The molecule has 0 aromatic heterocycles. The van der Waals surface area contributed by atoms with Gasteiger partial charge in [0, 0.05) is 11.1 Å². The van der Waals surface area contributed by atoms with E-state index in [1.807, 2.05) is 66.7 Å². The second-order valence-corrected chi connectivity index (χ2v) is 8.26. The van der Waals surface area contributed by atoms with Crippen LogP contribution in [0.2, 0.25) is 5.02 Å². The number of hydrogen-bond acceptors (Lipinski definition) is 2. The van der Waals surface area contributed by atoms with Crippen molar-refractivity contribution < 1.29 is 10.2 Å². The van der Waals surface area contributed by atoms with Crippen LogP contribution in [0.4, 0.5) is 0 Å². The minimum Gasteiger partial charge on any atom is -0.386 e. The Morgan fingerprint density at radius 2 is 0.963 bits per heavy atom. The van der Waals surface area contributed by atoms with Crippen molar-refractivity contribution in [1.29, 1.82) is 0 Å². The molecule has 3 aromatic rings. The fourth-order valence-corrected chi connectivity index (χ4v) is 4.20. The molecule has 0 heterocycles. The number of benzene rings is 3. The van der Waals surface area contributed by atoms with Crippen LogP contribution in [0.25, 0.3) is 22.3 Å². The van der Waals surface area contributed by atoms with Crippen molar-refractivity contribution >= 4 is 11.6 Å². The smallest absolute Gasteiger partial charge is 0.0861 e. The molecule has 0 radical (unpaired) electrons. The van der Waals surface area contributed by atoms with Gasteiger partial charge in [0.25, 0.3) is 0 Å². The van der Waals surface area contributed by atoms with Gasteiger partial charge in [-0.3, -0.25) is 0 Å². The Morgan fingerprint density at radius 3 is 1.26 bits per heavy atom. The molecule has 0 unspecified atom stereocenters. The van der Waals surface area contributed by atoms with E-state index in [0.29, 0.717) is 16.1 Å². The minimum atomic E-state index is -1.17. The molecule has 0 saturated carbocycles. The van der Waals surface area contributed by atoms with Crippen LogP contribution in [0.5, 0.6) is 0 Å². The van der Waals surface area contributed by atoms with E-state index in [1.54, 1.807) is 27.7 Å². The molecular formula is C24H25ClO2. The SMILES string of the molecule is CC(C)(O)c1c(-c2ccccc2)cc(-c2ccccc2)c(C(C)(C)O)c1Cl. The molecule has 0 bridgehead atoms. The Labute approximate surface area is 166 Å². The van der Waals surface area contributed by atoms with E-state index in [0.717, 1.165) is 22.3 Å². The molecule has 0 amide bonds. The zero-order valence-electron chi connectivity index (χ0n) is 16.1. The van der Waals surface area contributed by atoms with Crippen molar-refractivity contribution in [3.63, 3.8) is 0 Å². The third-order valence-corrected chi connectivity index (χ3v) is 5.04. The van der Waals surface area contributed by atoms with E-state index >= 15 is 0 Å². The van der Waals surface area contributed by atoms with Crippen molar-refractivity contribution in [1.82, 2.24) is 0 Å². The highest BCUT2D eigenvalue weighted by Crippen LogP contribution is 2.46. The van der Waals surface area contributed by atoms with Gasteiger partial charge in [0.2, 0.25) is 0 Å². The Bertz CT molecular complexity index is 858. The van der Waals surface area contributed by atoms with Gasteiger partial charge in [0.1, 0.15) is 0 Å². The standard InChI is InChI=1S/C24H25ClO2/c1-23(2,26)20-18(16-11-7-5-8-12-16)15-19(17-13-9-6-10-14-17)21(22(20)25)24(3,4)27/h5-15,26-27H,1-4H3. The molecule has 0 spiro atoms. The highest BCUT2D eigenvalue weighted by molar-refractivity contribution is 6.33. The molecule has 27 heavy (non-hydrogen) atoms. The number of halogens is 1. The van der Waals surface area contributed by atoms with E-state index < -0.39 is 11.2 Å². The molecular weight excluding hydrogens is 356 g/mol. The fourth-order valence-electron chi connectivity index (χ4n) is 3.54. The minimum absolute atomic E-state index is 0.398. The maximum absolute atomic E-state index is 10.9. The maximum Gasteiger partial charge on any atom is 0.0861 e. The molecule has 0 aliphatic carbocycles. The summed E-state index contributed by atoms with van der Waals surface area (Å²) in [7, 11) is 0. The van der Waals surface area contributed by atoms with Crippen molar-refractivity contribution in [2.45, 2.75) is 38.9 Å². The first-order chi connectivity index (χ1) is 12.6. The van der Waals surface area contributed by atoms with Crippen molar-refractivity contribution in [2.75, 3.05) is 0 Å². The highest BCUT2D eigenvalue weighted by Gasteiger charge is 2.33. The predicted octanol–water partition coefficient (Wildman–Crippen LogP) is 6.13. The average molecular weight is 381 g/mol. The lowest BCUT2D eigenvalue weighted by molar-refractivity contribution is 0.0728. The summed E-state index contributed by atoms with van der Waals surface area (Å²) >= 11 is 6.87. The van der Waals surface area contributed by atoms with Gasteiger partial charge in [-0.25, -0.2) is 0 Å². The van der Waals surface area contributed by atoms with Gasteiger partial charge >= 0.3 is 0 Å². The zero-order valence-corrected chi connectivity index (χ0v) is 16.9. The lowest BCUT2D eigenvalue weighted by Crippen LogP contribution is -2.23. The molecule has 0 saturated heterocycles. The van der Waals surface area contributed by atoms with Crippen LogP contribution in [0.15, 0.2) is 66.7 Å². The Hall–Kier alpha value is -2.13. The first-order valence-corrected chi connectivity index (χ1v) is 9.41. The van der Waals surface area contributed by atoms with Crippen LogP contribution in [-0.4, -0.2) is 10.2 Å². The van der Waals surface area contributed by atoms with E-state index in [1.165, 1.54) is 0 Å². The summed E-state index contributed by atoms with van der Waals surface area (Å²) in [6.45, 7) is 6.88. The fraction of sp³-hybridized carbons (Fsp3) is 0.250. The molecule has 140 valence electrons. The van der Waals surface area contributed by atoms with Crippen LogP contribution in [0.3, 0.4) is 0 Å². The van der Waals surface area contributed by atoms with Crippen LogP contribution >= 0.6 is 11.6 Å². The first kappa shape index (κ1) is 19.6. The van der Waals surface area contributed by atoms with Gasteiger partial charge in [-0.05, 0) is 56.0 Å². The normalized spacial score (nSPS) is 12.3. The van der Waals surface area contributed by atoms with Crippen LogP contribution in [-0.2, 0) is 11.2 Å². The van der Waals surface area contributed by atoms with Crippen molar-refractivity contribution in [3.8, 4) is 22.3 Å². The molecule has 0 atom stereocenters. The summed E-state index contributed by atoms with van der Waals surface area (Å²) in [5.74, 6) is 0. The second-order valence-electron chi connectivity index (χ2n) is 7.89. The van der Waals surface area contributed by atoms with Gasteiger partial charge < -0.3 is 10.2 Å². The number of rotatable bonds is 4. The summed E-state index contributed by atoms with van der Waals surface area (Å²) in [4.78, 5) is 0. The molecule has 3 aromatic carbocycles. The summed E-state index contributed by atoms with van der Waals surface area (Å²) in [6, 6.07) is 21.8. The third kappa shape index (κ3) is 3.93. The summed E-state index contributed by atoms with van der Waals surface area (Å²) in [5.41, 5.74) is 2.56. The van der Waals surface area contributed by atoms with Gasteiger partial charge in [-0.15, -0.1) is 0 Å². The van der Waals surface area contributed by atoms with E-state index in [9.17, 15) is 10.2 Å². The monoisotopic (exact) mass is 380 g/mol. The van der Waals surface area contributed by atoms with E-state index in [2.05, 4.69) is 0 Å². The summed E-state index contributed by atoms with van der Waals surface area (Å²) < 4.78 is 0. The second kappa shape index (κ2) is 7.12. The first-order valence-electron chi connectivity index (χ1n) is 9.03. The Morgan fingerprint density at radius 1 is 0.630 bits per heavy atom. The molecule has 3 heteroatoms. The quantitative estimate of drug-likeness (QED) is 0.571. The van der Waals surface area contributed by atoms with Gasteiger partial charge in [0.15, 0.2) is 0 Å². The molecule has 0 aliphatic heterocycles. The Kier molecular flexibility index (Phi) is 5.18. The molecule has 2 N–H and O–H groups in total. The van der Waals surface area contributed by atoms with Gasteiger partial charge in [-0.1, -0.05) is 72.3 Å². The van der Waals surface area contributed by atoms with Crippen LogP contribution < -0.4 is 0 Å². The lowest BCUT2D eigenvalue weighted by atomic mass is 9.80. The molecule has 2 nitrogen and oxygen atoms in total. The van der Waals surface area contributed by atoms with Gasteiger partial charge in [0.05, 0.1) is 16.2 Å². The van der Waals surface area contributed by atoms with E-state index in [-0.39, 0.29) is 0 Å². The topological polar surface area (TPSA) is 40.5 Å². The average Bonchev–Trinajstić information content (AvgIpc) is 2.60. The van der Waals surface area contributed by atoms with Gasteiger partial charge in [-0.2, -0.15) is 0 Å². The summed E-state index contributed by atoms with van der Waals surface area (Å²) in [5, 5.41) is 22.2. The predicted molar refractivity (Wildman–Crippen MR) is 113 cm³/mol. The number of hydrogen-bond donors (Lipinski definition) is 2. The van der Waals surface area contributed by atoms with Crippen molar-refractivity contribution in [2.24, 2.45) is 0 Å². The van der Waals surface area contributed by atoms with E-state index in [4.69, 9.17) is 11.6 Å². The number of aliphatic hydroxyl groups is 2. The van der Waals surface area contributed by atoms with Crippen LogP contribution in [0, 0.1) is 0 Å².